The van der Waals surface area contributed by atoms with Crippen molar-refractivity contribution in [3.05, 3.63) is 0 Å². The molecular formula is C20H32O5. The van der Waals surface area contributed by atoms with Gasteiger partial charge in [0, 0.05) is 12.8 Å². The van der Waals surface area contributed by atoms with E-state index in [2.05, 4.69) is 0 Å². The van der Waals surface area contributed by atoms with Crippen LogP contribution in [0.3, 0.4) is 0 Å². The SMILES string of the molecule is CCCC(=O)C1C(=O)C(CCC(C)C)C(O)(C(=O)CCC(C)C)C1=O. The maximum Gasteiger partial charge on any atom is 0.192 e. The van der Waals surface area contributed by atoms with Crippen molar-refractivity contribution in [2.75, 3.05) is 0 Å². The minimum absolute atomic E-state index is 0.0417. The maximum absolute atomic E-state index is 12.8. The Morgan fingerprint density at radius 3 is 2.08 bits per heavy atom. The first-order valence-electron chi connectivity index (χ1n) is 9.43. The molecule has 3 unspecified atom stereocenters. The van der Waals surface area contributed by atoms with Gasteiger partial charge in [-0.25, -0.2) is 0 Å². The molecule has 0 radical (unpaired) electrons. The standard InChI is InChI=1S/C20H32O5/c1-6-7-15(21)17-18(23)14(10-8-12(2)3)20(25,19(17)24)16(22)11-9-13(4)5/h12-14,17,25H,6-11H2,1-5H3. The number of hydrogen-bond donors (Lipinski definition) is 1. The summed E-state index contributed by atoms with van der Waals surface area (Å²) in [5.41, 5.74) is -2.32. The zero-order valence-electron chi connectivity index (χ0n) is 16.1. The zero-order valence-corrected chi connectivity index (χ0v) is 16.1. The third-order valence-corrected chi connectivity index (χ3v) is 5.00. The highest BCUT2D eigenvalue weighted by Gasteiger charge is 2.64. The third-order valence-electron chi connectivity index (χ3n) is 5.00. The number of rotatable bonds is 10. The summed E-state index contributed by atoms with van der Waals surface area (Å²) >= 11 is 0. The lowest BCUT2D eigenvalue weighted by Crippen LogP contribution is -2.50. The predicted octanol–water partition coefficient (Wildman–Crippen LogP) is 2.91. The second-order valence-electron chi connectivity index (χ2n) is 8.06. The summed E-state index contributed by atoms with van der Waals surface area (Å²) in [6, 6.07) is 0. The van der Waals surface area contributed by atoms with Crippen LogP contribution in [-0.4, -0.2) is 33.8 Å². The molecule has 0 saturated heterocycles. The maximum atomic E-state index is 12.8. The summed E-state index contributed by atoms with van der Waals surface area (Å²) in [4.78, 5) is 50.5. The van der Waals surface area contributed by atoms with Gasteiger partial charge in [0.05, 0.1) is 5.92 Å². The number of carbonyl (C=O) groups is 4. The summed E-state index contributed by atoms with van der Waals surface area (Å²) < 4.78 is 0. The van der Waals surface area contributed by atoms with E-state index in [1.165, 1.54) is 0 Å². The van der Waals surface area contributed by atoms with E-state index in [0.717, 1.165) is 0 Å². The molecule has 142 valence electrons. The molecule has 0 aromatic heterocycles. The average Bonchev–Trinajstić information content (AvgIpc) is 2.70. The fraction of sp³-hybridized carbons (Fsp3) is 0.800. The molecule has 3 atom stereocenters. The van der Waals surface area contributed by atoms with E-state index >= 15 is 0 Å². The highest BCUT2D eigenvalue weighted by Crippen LogP contribution is 2.40. The molecule has 0 aromatic carbocycles. The normalized spacial score (nSPS) is 26.7. The fourth-order valence-electron chi connectivity index (χ4n) is 3.42. The Labute approximate surface area is 150 Å². The van der Waals surface area contributed by atoms with Crippen molar-refractivity contribution in [3.8, 4) is 0 Å². The van der Waals surface area contributed by atoms with Crippen LogP contribution in [0.1, 0.15) is 73.1 Å². The van der Waals surface area contributed by atoms with Crippen LogP contribution in [0, 0.1) is 23.7 Å². The summed E-state index contributed by atoms with van der Waals surface area (Å²) in [5, 5.41) is 11.0. The largest absolute Gasteiger partial charge is 0.374 e. The molecule has 1 aliphatic rings. The molecule has 0 aliphatic heterocycles. The highest BCUT2D eigenvalue weighted by atomic mass is 16.3. The van der Waals surface area contributed by atoms with Crippen molar-refractivity contribution in [2.45, 2.75) is 78.7 Å². The number of ketones is 4. The van der Waals surface area contributed by atoms with Crippen LogP contribution in [0.25, 0.3) is 0 Å². The van der Waals surface area contributed by atoms with E-state index in [0.29, 0.717) is 19.3 Å². The average molecular weight is 352 g/mol. The van der Waals surface area contributed by atoms with Crippen LogP contribution in [0.5, 0.6) is 0 Å². The first kappa shape index (κ1) is 21.7. The van der Waals surface area contributed by atoms with E-state index < -0.39 is 40.6 Å². The van der Waals surface area contributed by atoms with E-state index in [1.807, 2.05) is 27.7 Å². The lowest BCUT2D eigenvalue weighted by Gasteiger charge is -2.26. The number of carbonyl (C=O) groups excluding carboxylic acids is 4. The van der Waals surface area contributed by atoms with Crippen LogP contribution >= 0.6 is 0 Å². The molecule has 25 heavy (non-hydrogen) atoms. The van der Waals surface area contributed by atoms with Crippen molar-refractivity contribution < 1.29 is 24.3 Å². The van der Waals surface area contributed by atoms with Gasteiger partial charge in [-0.2, -0.15) is 0 Å². The Balaban J connectivity index is 3.18. The van der Waals surface area contributed by atoms with Crippen LogP contribution < -0.4 is 0 Å². The van der Waals surface area contributed by atoms with Crippen molar-refractivity contribution in [1.29, 1.82) is 0 Å². The van der Waals surface area contributed by atoms with Crippen molar-refractivity contribution in [2.24, 2.45) is 23.7 Å². The van der Waals surface area contributed by atoms with E-state index in [-0.39, 0.29) is 31.1 Å². The molecule has 1 N–H and O–H groups in total. The summed E-state index contributed by atoms with van der Waals surface area (Å²) in [6.07, 6.45) is 2.06. The topological polar surface area (TPSA) is 88.5 Å². The number of aliphatic hydroxyl groups is 1. The van der Waals surface area contributed by atoms with E-state index in [1.54, 1.807) is 6.92 Å². The summed E-state index contributed by atoms with van der Waals surface area (Å²) in [6.45, 7) is 9.63. The molecule has 0 bridgehead atoms. The molecule has 0 spiro atoms. The van der Waals surface area contributed by atoms with Crippen LogP contribution in [0.15, 0.2) is 0 Å². The minimum Gasteiger partial charge on any atom is -0.374 e. The monoisotopic (exact) mass is 352 g/mol. The van der Waals surface area contributed by atoms with Gasteiger partial charge in [-0.3, -0.25) is 19.2 Å². The molecule has 1 saturated carbocycles. The molecular weight excluding hydrogens is 320 g/mol. The van der Waals surface area contributed by atoms with Gasteiger partial charge >= 0.3 is 0 Å². The predicted molar refractivity (Wildman–Crippen MR) is 95.0 cm³/mol. The van der Waals surface area contributed by atoms with Gasteiger partial charge in [0.15, 0.2) is 28.7 Å². The van der Waals surface area contributed by atoms with Gasteiger partial charge in [0.25, 0.3) is 0 Å². The summed E-state index contributed by atoms with van der Waals surface area (Å²) in [7, 11) is 0. The molecule has 5 heteroatoms. The Bertz CT molecular complexity index is 534. The van der Waals surface area contributed by atoms with Gasteiger partial charge in [-0.05, 0) is 31.1 Å². The number of Topliss-reactive ketones (excluding diaryl/α,β-unsaturated/α-hetero) is 4. The fourth-order valence-corrected chi connectivity index (χ4v) is 3.42. The van der Waals surface area contributed by atoms with Crippen LogP contribution in [0.2, 0.25) is 0 Å². The van der Waals surface area contributed by atoms with Crippen molar-refractivity contribution >= 4 is 23.1 Å². The lowest BCUT2D eigenvalue weighted by molar-refractivity contribution is -0.154. The Hall–Kier alpha value is -1.36. The first-order valence-corrected chi connectivity index (χ1v) is 9.43. The second kappa shape index (κ2) is 8.84. The van der Waals surface area contributed by atoms with Crippen LogP contribution in [0.4, 0.5) is 0 Å². The molecule has 5 nitrogen and oxygen atoms in total. The van der Waals surface area contributed by atoms with Gasteiger partial charge in [-0.1, -0.05) is 41.0 Å². The zero-order chi connectivity index (χ0) is 19.4. The Morgan fingerprint density at radius 2 is 1.60 bits per heavy atom. The molecule has 1 fully saturated rings. The van der Waals surface area contributed by atoms with Gasteiger partial charge in [-0.15, -0.1) is 0 Å². The Morgan fingerprint density at radius 1 is 1.04 bits per heavy atom. The Kier molecular flexibility index (Phi) is 7.66. The number of hydrogen-bond acceptors (Lipinski definition) is 5. The summed E-state index contributed by atoms with van der Waals surface area (Å²) in [5.74, 6) is -4.59. The van der Waals surface area contributed by atoms with Crippen molar-refractivity contribution in [3.63, 3.8) is 0 Å². The molecule has 1 rings (SSSR count). The first-order chi connectivity index (χ1) is 11.6. The molecule has 0 aromatic rings. The third kappa shape index (κ3) is 4.63. The van der Waals surface area contributed by atoms with Gasteiger partial charge < -0.3 is 5.11 Å². The van der Waals surface area contributed by atoms with Gasteiger partial charge in [0.1, 0.15) is 5.92 Å². The lowest BCUT2D eigenvalue weighted by atomic mass is 9.79. The minimum atomic E-state index is -2.32. The molecule has 0 heterocycles. The molecule has 1 aliphatic carbocycles. The quantitative estimate of drug-likeness (QED) is 0.611. The van der Waals surface area contributed by atoms with Gasteiger partial charge in [0.2, 0.25) is 0 Å². The molecule has 0 amide bonds. The van der Waals surface area contributed by atoms with E-state index in [9.17, 15) is 24.3 Å². The smallest absolute Gasteiger partial charge is 0.192 e. The van der Waals surface area contributed by atoms with Crippen LogP contribution in [-0.2, 0) is 19.2 Å². The second-order valence-corrected chi connectivity index (χ2v) is 8.06. The highest BCUT2D eigenvalue weighted by molar-refractivity contribution is 6.33. The van der Waals surface area contributed by atoms with E-state index in [4.69, 9.17) is 0 Å². The van der Waals surface area contributed by atoms with Crippen molar-refractivity contribution in [1.82, 2.24) is 0 Å².